The maximum Gasteiger partial charge on any atom is 0.253 e. The lowest BCUT2D eigenvalue weighted by atomic mass is 10.2. The highest BCUT2D eigenvalue weighted by Gasteiger charge is 2.24. The highest BCUT2D eigenvalue weighted by Crippen LogP contribution is 2.24. The summed E-state index contributed by atoms with van der Waals surface area (Å²) >= 11 is 0. The molecule has 2 rings (SSSR count). The number of rotatable bonds is 5. The Balaban J connectivity index is 2.10. The highest BCUT2D eigenvalue weighted by molar-refractivity contribution is 6.01. The summed E-state index contributed by atoms with van der Waals surface area (Å²) in [7, 11) is 0. The van der Waals surface area contributed by atoms with Gasteiger partial charge in [-0.1, -0.05) is 0 Å². The van der Waals surface area contributed by atoms with Crippen molar-refractivity contribution in [3.63, 3.8) is 0 Å². The first-order valence-corrected chi connectivity index (χ1v) is 6.82. The van der Waals surface area contributed by atoms with Crippen molar-refractivity contribution in [3.05, 3.63) is 24.0 Å². The number of nitrogens with one attached hydrogen (secondary N) is 2. The van der Waals surface area contributed by atoms with Gasteiger partial charge in [-0.2, -0.15) is 0 Å². The quantitative estimate of drug-likeness (QED) is 0.761. The third-order valence-electron chi connectivity index (χ3n) is 3.11. The van der Waals surface area contributed by atoms with Crippen LogP contribution >= 0.6 is 0 Å². The van der Waals surface area contributed by atoms with Gasteiger partial charge in [0.05, 0.1) is 11.4 Å². The Morgan fingerprint density at radius 2 is 2.14 bits per heavy atom. The molecule has 1 aliphatic heterocycles. The van der Waals surface area contributed by atoms with Crippen LogP contribution in [0, 0.1) is 5.82 Å². The molecule has 1 aromatic rings. The van der Waals surface area contributed by atoms with E-state index in [2.05, 4.69) is 10.6 Å². The van der Waals surface area contributed by atoms with Crippen LogP contribution in [0.1, 0.15) is 19.3 Å². The minimum Gasteiger partial charge on any atom is -0.368 e. The van der Waals surface area contributed by atoms with Gasteiger partial charge >= 0.3 is 0 Å². The van der Waals surface area contributed by atoms with Gasteiger partial charge in [0.1, 0.15) is 11.9 Å². The molecule has 4 N–H and O–H groups in total. The van der Waals surface area contributed by atoms with Crippen molar-refractivity contribution in [2.75, 3.05) is 23.8 Å². The Kier molecular flexibility index (Phi) is 5.24. The van der Waals surface area contributed by atoms with Gasteiger partial charge in [-0.05, 0) is 31.0 Å². The van der Waals surface area contributed by atoms with E-state index in [0.29, 0.717) is 18.7 Å². The van der Waals surface area contributed by atoms with E-state index >= 15 is 0 Å². The summed E-state index contributed by atoms with van der Waals surface area (Å²) in [5.74, 6) is -1.14. The minimum atomic E-state index is -0.506. The molecule has 1 unspecified atom stereocenters. The smallest absolute Gasteiger partial charge is 0.253 e. The van der Waals surface area contributed by atoms with E-state index in [1.807, 2.05) is 0 Å². The molecule has 21 heavy (non-hydrogen) atoms. The highest BCUT2D eigenvalue weighted by atomic mass is 19.1. The summed E-state index contributed by atoms with van der Waals surface area (Å²) in [6, 6.07) is 3.77. The van der Waals surface area contributed by atoms with Crippen LogP contribution < -0.4 is 16.4 Å². The number of benzene rings is 1. The lowest BCUT2D eigenvalue weighted by Crippen LogP contribution is -2.27. The minimum absolute atomic E-state index is 0.121. The second kappa shape index (κ2) is 7.14. The van der Waals surface area contributed by atoms with E-state index in [-0.39, 0.29) is 30.5 Å². The fourth-order valence-corrected chi connectivity index (χ4v) is 2.07. The lowest BCUT2D eigenvalue weighted by molar-refractivity contribution is -0.124. The number of ether oxygens (including phenoxy) is 1. The van der Waals surface area contributed by atoms with Gasteiger partial charge in [0.25, 0.3) is 5.91 Å². The first kappa shape index (κ1) is 15.4. The Hall–Kier alpha value is -1.99. The maximum absolute atomic E-state index is 13.3. The molecule has 0 bridgehead atoms. The Bertz CT molecular complexity index is 530. The molecule has 0 aliphatic carbocycles. The number of hydrogen-bond acceptors (Lipinski definition) is 4. The van der Waals surface area contributed by atoms with E-state index in [4.69, 9.17) is 10.5 Å². The second-order valence-electron chi connectivity index (χ2n) is 4.77. The van der Waals surface area contributed by atoms with Crippen molar-refractivity contribution in [2.24, 2.45) is 5.73 Å². The van der Waals surface area contributed by atoms with E-state index in [0.717, 1.165) is 12.5 Å². The molecule has 2 amide bonds. The number of anilines is 2. The SMILES string of the molecule is NCCC(=O)Nc1cc(F)ccc1NC(=O)C1CCCO1. The zero-order chi connectivity index (χ0) is 15.2. The summed E-state index contributed by atoms with van der Waals surface area (Å²) in [5, 5.41) is 5.18. The predicted molar refractivity (Wildman–Crippen MR) is 76.3 cm³/mol. The van der Waals surface area contributed by atoms with Crippen molar-refractivity contribution < 1.29 is 18.7 Å². The molecule has 0 radical (unpaired) electrons. The second-order valence-corrected chi connectivity index (χ2v) is 4.77. The average molecular weight is 295 g/mol. The molecule has 0 saturated carbocycles. The van der Waals surface area contributed by atoms with E-state index in [1.165, 1.54) is 12.1 Å². The standard InChI is InChI=1S/C14H18FN3O3/c15-9-3-4-10(11(8-9)17-13(19)5-6-16)18-14(20)12-2-1-7-21-12/h3-4,8,12H,1-2,5-7,16H2,(H,17,19)(H,18,20). The molecule has 114 valence electrons. The molecule has 0 spiro atoms. The fraction of sp³-hybridized carbons (Fsp3) is 0.429. The number of hydrogen-bond donors (Lipinski definition) is 3. The molecule has 1 heterocycles. The molecule has 1 aliphatic rings. The van der Waals surface area contributed by atoms with Gasteiger partial charge in [-0.25, -0.2) is 4.39 Å². The molecule has 1 fully saturated rings. The van der Waals surface area contributed by atoms with E-state index in [1.54, 1.807) is 0 Å². The van der Waals surface area contributed by atoms with Crippen LogP contribution in [-0.4, -0.2) is 31.1 Å². The molecular formula is C14H18FN3O3. The number of halogens is 1. The van der Waals surface area contributed by atoms with Crippen molar-refractivity contribution in [3.8, 4) is 0 Å². The van der Waals surface area contributed by atoms with Gasteiger partial charge in [0, 0.05) is 19.6 Å². The van der Waals surface area contributed by atoms with E-state index < -0.39 is 11.9 Å². The van der Waals surface area contributed by atoms with Crippen LogP contribution in [0.3, 0.4) is 0 Å². The van der Waals surface area contributed by atoms with Crippen molar-refractivity contribution in [1.29, 1.82) is 0 Å². The monoisotopic (exact) mass is 295 g/mol. The van der Waals surface area contributed by atoms with Crippen LogP contribution in [0.25, 0.3) is 0 Å². The largest absolute Gasteiger partial charge is 0.368 e. The maximum atomic E-state index is 13.3. The molecule has 6 nitrogen and oxygen atoms in total. The lowest BCUT2D eigenvalue weighted by Gasteiger charge is -2.14. The third kappa shape index (κ3) is 4.24. The summed E-state index contributed by atoms with van der Waals surface area (Å²) in [6.07, 6.45) is 1.11. The third-order valence-corrected chi connectivity index (χ3v) is 3.11. The summed E-state index contributed by atoms with van der Waals surface area (Å²) in [5.41, 5.74) is 5.84. The molecule has 7 heteroatoms. The van der Waals surface area contributed by atoms with Crippen LogP contribution in [0.5, 0.6) is 0 Å². The fourth-order valence-electron chi connectivity index (χ4n) is 2.07. The van der Waals surface area contributed by atoms with Gasteiger partial charge < -0.3 is 21.1 Å². The van der Waals surface area contributed by atoms with Crippen LogP contribution in [0.15, 0.2) is 18.2 Å². The molecule has 1 aromatic carbocycles. The summed E-state index contributed by atoms with van der Waals surface area (Å²) in [4.78, 5) is 23.6. The summed E-state index contributed by atoms with van der Waals surface area (Å²) < 4.78 is 18.6. The van der Waals surface area contributed by atoms with Crippen LogP contribution in [0.4, 0.5) is 15.8 Å². The van der Waals surface area contributed by atoms with Crippen molar-refractivity contribution in [2.45, 2.75) is 25.4 Å². The first-order chi connectivity index (χ1) is 10.1. The van der Waals surface area contributed by atoms with Crippen LogP contribution in [0.2, 0.25) is 0 Å². The average Bonchev–Trinajstić information content (AvgIpc) is 2.96. The van der Waals surface area contributed by atoms with Crippen molar-refractivity contribution in [1.82, 2.24) is 0 Å². The van der Waals surface area contributed by atoms with Gasteiger partial charge in [0.2, 0.25) is 5.91 Å². The number of carbonyl (C=O) groups excluding carboxylic acids is 2. The van der Waals surface area contributed by atoms with E-state index in [9.17, 15) is 14.0 Å². The number of carbonyl (C=O) groups is 2. The molecule has 0 aromatic heterocycles. The van der Waals surface area contributed by atoms with Gasteiger partial charge in [-0.3, -0.25) is 9.59 Å². The number of amides is 2. The first-order valence-electron chi connectivity index (χ1n) is 6.82. The summed E-state index contributed by atoms with van der Waals surface area (Å²) in [6.45, 7) is 0.750. The van der Waals surface area contributed by atoms with Gasteiger partial charge in [0.15, 0.2) is 0 Å². The molecular weight excluding hydrogens is 277 g/mol. The van der Waals surface area contributed by atoms with Gasteiger partial charge in [-0.15, -0.1) is 0 Å². The predicted octanol–water partition coefficient (Wildman–Crippen LogP) is 1.23. The normalized spacial score (nSPS) is 17.5. The van der Waals surface area contributed by atoms with Crippen molar-refractivity contribution >= 4 is 23.2 Å². The zero-order valence-electron chi connectivity index (χ0n) is 11.5. The topological polar surface area (TPSA) is 93.5 Å². The Labute approximate surface area is 121 Å². The van der Waals surface area contributed by atoms with Crippen LogP contribution in [-0.2, 0) is 14.3 Å². The zero-order valence-corrected chi connectivity index (χ0v) is 11.5. The Morgan fingerprint density at radius 3 is 2.81 bits per heavy atom. The molecule has 1 atom stereocenters. The molecule has 1 saturated heterocycles. The Morgan fingerprint density at radius 1 is 1.33 bits per heavy atom. The number of nitrogens with two attached hydrogens (primary N) is 1.